The molecule has 1 aromatic heterocycles. The fourth-order valence-electron chi connectivity index (χ4n) is 2.64. The molecule has 1 aliphatic rings. The van der Waals surface area contributed by atoms with Gasteiger partial charge < -0.3 is 5.32 Å². The van der Waals surface area contributed by atoms with E-state index in [1.54, 1.807) is 0 Å². The average molecular weight is 258 g/mol. The van der Waals surface area contributed by atoms with E-state index in [0.717, 1.165) is 37.2 Å². The van der Waals surface area contributed by atoms with Crippen molar-refractivity contribution in [2.24, 2.45) is 5.92 Å². The minimum absolute atomic E-state index is 0.467. The Labute approximate surface area is 105 Å². The van der Waals surface area contributed by atoms with Crippen LogP contribution in [0.15, 0.2) is 18.3 Å². The highest BCUT2D eigenvalue weighted by molar-refractivity contribution is 5.17. The van der Waals surface area contributed by atoms with E-state index >= 15 is 0 Å². The summed E-state index contributed by atoms with van der Waals surface area (Å²) in [5.74, 6) is 0.485. The van der Waals surface area contributed by atoms with Crippen LogP contribution in [0, 0.1) is 5.92 Å². The van der Waals surface area contributed by atoms with Gasteiger partial charge in [0.05, 0.1) is 5.56 Å². The van der Waals surface area contributed by atoms with E-state index < -0.39 is 11.7 Å². The van der Waals surface area contributed by atoms with Gasteiger partial charge in [0.15, 0.2) is 0 Å². The van der Waals surface area contributed by atoms with Crippen molar-refractivity contribution in [2.45, 2.75) is 37.9 Å². The van der Waals surface area contributed by atoms with Crippen LogP contribution >= 0.6 is 0 Å². The maximum Gasteiger partial charge on any atom is 0.417 e. The van der Waals surface area contributed by atoms with Crippen LogP contribution in [-0.4, -0.2) is 18.1 Å². The van der Waals surface area contributed by atoms with Crippen molar-refractivity contribution in [1.29, 1.82) is 0 Å². The van der Waals surface area contributed by atoms with Crippen LogP contribution in [0.3, 0.4) is 0 Å². The summed E-state index contributed by atoms with van der Waals surface area (Å²) in [6.07, 6.45) is 0.821. The van der Waals surface area contributed by atoms with Crippen LogP contribution in [0.4, 0.5) is 13.2 Å². The Morgan fingerprint density at radius 2 is 2.11 bits per heavy atom. The Kier molecular flexibility index (Phi) is 3.90. The zero-order valence-electron chi connectivity index (χ0n) is 10.3. The van der Waals surface area contributed by atoms with E-state index in [2.05, 4.69) is 10.3 Å². The second-order valence-corrected chi connectivity index (χ2v) is 4.83. The summed E-state index contributed by atoms with van der Waals surface area (Å²) >= 11 is 0. The van der Waals surface area contributed by atoms with E-state index in [9.17, 15) is 13.2 Å². The van der Waals surface area contributed by atoms with Gasteiger partial charge in [-0.25, -0.2) is 0 Å². The molecule has 2 rings (SSSR count). The fraction of sp³-hybridized carbons (Fsp3) is 0.615. The molecule has 5 heteroatoms. The van der Waals surface area contributed by atoms with Crippen LogP contribution in [-0.2, 0) is 12.6 Å². The summed E-state index contributed by atoms with van der Waals surface area (Å²) in [6.45, 7) is 0. The summed E-state index contributed by atoms with van der Waals surface area (Å²) in [6, 6.07) is 3.08. The number of halogens is 3. The Balaban J connectivity index is 2.02. The third-order valence-electron chi connectivity index (χ3n) is 3.65. The Morgan fingerprint density at radius 1 is 1.33 bits per heavy atom. The van der Waals surface area contributed by atoms with Gasteiger partial charge in [-0.15, -0.1) is 0 Å². The lowest BCUT2D eigenvalue weighted by Crippen LogP contribution is -2.30. The smallest absolute Gasteiger partial charge is 0.317 e. The van der Waals surface area contributed by atoms with Crippen LogP contribution in [0.25, 0.3) is 0 Å². The molecule has 2 nitrogen and oxygen atoms in total. The molecule has 0 aromatic carbocycles. The van der Waals surface area contributed by atoms with Gasteiger partial charge in [-0.1, -0.05) is 6.42 Å². The SMILES string of the molecule is CNC1CCCC1Cc1ccc(C(F)(F)F)cn1. The minimum Gasteiger partial charge on any atom is -0.317 e. The van der Waals surface area contributed by atoms with Crippen molar-refractivity contribution in [2.75, 3.05) is 7.05 Å². The predicted octanol–water partition coefficient (Wildman–Crippen LogP) is 3.03. The number of alkyl halides is 3. The Bertz CT molecular complexity index is 386. The van der Waals surface area contributed by atoms with Crippen LogP contribution < -0.4 is 5.32 Å². The third kappa shape index (κ3) is 3.02. The standard InChI is InChI=1S/C13H17F3N2/c1-17-12-4-2-3-9(12)7-11-6-5-10(8-18-11)13(14,15)16/h5-6,8-9,12,17H,2-4,7H2,1H3. The first kappa shape index (κ1) is 13.3. The molecule has 1 aromatic rings. The molecule has 1 heterocycles. The minimum atomic E-state index is -4.30. The van der Waals surface area contributed by atoms with Crippen LogP contribution in [0.2, 0.25) is 0 Å². The van der Waals surface area contributed by atoms with Crippen molar-refractivity contribution in [3.05, 3.63) is 29.6 Å². The quantitative estimate of drug-likeness (QED) is 0.901. The van der Waals surface area contributed by atoms with E-state index in [1.807, 2.05) is 7.05 Å². The third-order valence-corrected chi connectivity index (χ3v) is 3.65. The second-order valence-electron chi connectivity index (χ2n) is 4.83. The Morgan fingerprint density at radius 3 is 2.67 bits per heavy atom. The van der Waals surface area contributed by atoms with Gasteiger partial charge >= 0.3 is 6.18 Å². The maximum atomic E-state index is 12.4. The molecular formula is C13H17F3N2. The van der Waals surface area contributed by atoms with E-state index in [-0.39, 0.29) is 0 Å². The Hall–Kier alpha value is -1.10. The topological polar surface area (TPSA) is 24.9 Å². The molecule has 0 saturated heterocycles. The average Bonchev–Trinajstić information content (AvgIpc) is 2.76. The van der Waals surface area contributed by atoms with Crippen molar-refractivity contribution in [3.63, 3.8) is 0 Å². The van der Waals surface area contributed by atoms with Crippen molar-refractivity contribution >= 4 is 0 Å². The van der Waals surface area contributed by atoms with E-state index in [4.69, 9.17) is 0 Å². The van der Waals surface area contributed by atoms with Crippen LogP contribution in [0.5, 0.6) is 0 Å². The summed E-state index contributed by atoms with van der Waals surface area (Å²) in [4.78, 5) is 3.93. The molecule has 0 radical (unpaired) electrons. The highest BCUT2D eigenvalue weighted by Crippen LogP contribution is 2.30. The molecule has 1 aliphatic carbocycles. The summed E-state index contributed by atoms with van der Waals surface area (Å²) in [5, 5.41) is 3.26. The molecule has 1 N–H and O–H groups in total. The lowest BCUT2D eigenvalue weighted by molar-refractivity contribution is -0.137. The zero-order valence-corrected chi connectivity index (χ0v) is 10.3. The zero-order chi connectivity index (χ0) is 13.2. The number of pyridine rings is 1. The van der Waals surface area contributed by atoms with E-state index in [1.165, 1.54) is 12.5 Å². The van der Waals surface area contributed by atoms with Crippen molar-refractivity contribution in [1.82, 2.24) is 10.3 Å². The van der Waals surface area contributed by atoms with Gasteiger partial charge in [0.1, 0.15) is 0 Å². The summed E-state index contributed by atoms with van der Waals surface area (Å²) in [7, 11) is 1.93. The molecule has 18 heavy (non-hydrogen) atoms. The van der Waals surface area contributed by atoms with E-state index in [0.29, 0.717) is 12.0 Å². The van der Waals surface area contributed by atoms with Gasteiger partial charge in [-0.05, 0) is 44.4 Å². The second kappa shape index (κ2) is 5.26. The van der Waals surface area contributed by atoms with Crippen LogP contribution in [0.1, 0.15) is 30.5 Å². The summed E-state index contributed by atoms with van der Waals surface area (Å²) in [5.41, 5.74) is 0.0676. The molecule has 0 amide bonds. The highest BCUT2D eigenvalue weighted by atomic mass is 19.4. The van der Waals surface area contributed by atoms with Gasteiger partial charge in [0.2, 0.25) is 0 Å². The molecule has 1 saturated carbocycles. The first-order valence-corrected chi connectivity index (χ1v) is 6.20. The molecule has 100 valence electrons. The normalized spacial score (nSPS) is 24.4. The van der Waals surface area contributed by atoms with Gasteiger partial charge in [-0.2, -0.15) is 13.2 Å². The van der Waals surface area contributed by atoms with Crippen molar-refractivity contribution in [3.8, 4) is 0 Å². The highest BCUT2D eigenvalue weighted by Gasteiger charge is 2.31. The molecule has 1 fully saturated rings. The number of aromatic nitrogens is 1. The van der Waals surface area contributed by atoms with Gasteiger partial charge in [-0.3, -0.25) is 4.98 Å². The van der Waals surface area contributed by atoms with Crippen molar-refractivity contribution < 1.29 is 13.2 Å². The molecular weight excluding hydrogens is 241 g/mol. The number of hydrogen-bond acceptors (Lipinski definition) is 2. The molecule has 0 aliphatic heterocycles. The first-order valence-electron chi connectivity index (χ1n) is 6.20. The molecule has 2 unspecified atom stereocenters. The fourth-order valence-corrected chi connectivity index (χ4v) is 2.64. The largest absolute Gasteiger partial charge is 0.417 e. The number of nitrogens with one attached hydrogen (secondary N) is 1. The number of hydrogen-bond donors (Lipinski definition) is 1. The first-order chi connectivity index (χ1) is 8.50. The summed E-state index contributed by atoms with van der Waals surface area (Å²) < 4.78 is 37.2. The molecule has 2 atom stereocenters. The molecule has 0 spiro atoms. The van der Waals surface area contributed by atoms with Gasteiger partial charge in [0.25, 0.3) is 0 Å². The molecule has 0 bridgehead atoms. The number of nitrogens with zero attached hydrogens (tertiary/aromatic N) is 1. The number of rotatable bonds is 3. The monoisotopic (exact) mass is 258 g/mol. The lowest BCUT2D eigenvalue weighted by atomic mass is 9.97. The maximum absolute atomic E-state index is 12.4. The predicted molar refractivity (Wildman–Crippen MR) is 63.1 cm³/mol. The van der Waals surface area contributed by atoms with Gasteiger partial charge in [0, 0.05) is 17.9 Å². The lowest BCUT2D eigenvalue weighted by Gasteiger charge is -2.18.